The molecule has 1 saturated heterocycles. The zero-order valence-electron chi connectivity index (χ0n) is 15.4. The average molecular weight is 351 g/mol. The molecule has 0 bridgehead atoms. The van der Waals surface area contributed by atoms with Gasteiger partial charge in [-0.25, -0.2) is 0 Å². The molecule has 1 fully saturated rings. The number of nitrogens with zero attached hydrogens (tertiary/aromatic N) is 3. The lowest BCUT2D eigenvalue weighted by molar-refractivity contribution is -0.135. The molecule has 1 aromatic heterocycles. The van der Waals surface area contributed by atoms with Gasteiger partial charge in [-0.05, 0) is 35.7 Å². The van der Waals surface area contributed by atoms with E-state index in [9.17, 15) is 9.59 Å². The van der Waals surface area contributed by atoms with Crippen LogP contribution in [0.15, 0.2) is 48.8 Å². The van der Waals surface area contributed by atoms with E-state index in [2.05, 4.69) is 17.1 Å². The van der Waals surface area contributed by atoms with Crippen molar-refractivity contribution in [2.45, 2.75) is 32.1 Å². The van der Waals surface area contributed by atoms with Crippen molar-refractivity contribution in [2.75, 3.05) is 25.0 Å². The molecule has 5 heteroatoms. The van der Waals surface area contributed by atoms with Crippen LogP contribution in [0.4, 0.5) is 5.69 Å². The maximum absolute atomic E-state index is 12.3. The molecule has 136 valence electrons. The number of hydrogen-bond acceptors (Lipinski definition) is 3. The largest absolute Gasteiger partial charge is 0.341 e. The number of aromatic nitrogens is 1. The smallest absolute Gasteiger partial charge is 0.226 e. The molecular weight excluding hydrogens is 326 g/mol. The summed E-state index contributed by atoms with van der Waals surface area (Å²) in [6.07, 6.45) is 5.32. The number of likely N-dealkylation sites (tertiary alicyclic amines) is 1. The highest BCUT2D eigenvalue weighted by Gasteiger charge is 2.31. The topological polar surface area (TPSA) is 53.5 Å². The lowest BCUT2D eigenvalue weighted by atomic mass is 9.91. The Morgan fingerprint density at radius 3 is 2.54 bits per heavy atom. The highest BCUT2D eigenvalue weighted by Crippen LogP contribution is 2.29. The summed E-state index contributed by atoms with van der Waals surface area (Å²) in [5.74, 6) is 0.695. The highest BCUT2D eigenvalue weighted by molar-refractivity contribution is 5.92. The van der Waals surface area contributed by atoms with Gasteiger partial charge in [0, 0.05) is 57.0 Å². The van der Waals surface area contributed by atoms with Crippen molar-refractivity contribution in [1.82, 2.24) is 9.88 Å². The summed E-state index contributed by atoms with van der Waals surface area (Å²) in [4.78, 5) is 31.7. The Kier molecular flexibility index (Phi) is 5.66. The molecule has 1 aromatic carbocycles. The third kappa shape index (κ3) is 4.10. The highest BCUT2D eigenvalue weighted by atomic mass is 16.2. The molecular formula is C21H25N3O2. The maximum Gasteiger partial charge on any atom is 0.226 e. The molecule has 0 spiro atoms. The minimum absolute atomic E-state index is 0.104. The fourth-order valence-electron chi connectivity index (χ4n) is 3.20. The summed E-state index contributed by atoms with van der Waals surface area (Å²) in [5, 5.41) is 0. The molecule has 0 radical (unpaired) electrons. The summed E-state index contributed by atoms with van der Waals surface area (Å²) in [6, 6.07) is 12.0. The minimum Gasteiger partial charge on any atom is -0.341 e. The fourth-order valence-corrected chi connectivity index (χ4v) is 3.20. The van der Waals surface area contributed by atoms with E-state index in [4.69, 9.17) is 0 Å². The molecule has 1 aliphatic heterocycles. The molecule has 2 aromatic rings. The number of pyridine rings is 1. The normalized spacial score (nSPS) is 14.0. The van der Waals surface area contributed by atoms with Gasteiger partial charge in [0.1, 0.15) is 0 Å². The first-order valence-electron chi connectivity index (χ1n) is 9.11. The molecule has 0 saturated carbocycles. The molecule has 0 atom stereocenters. The van der Waals surface area contributed by atoms with Gasteiger partial charge >= 0.3 is 0 Å². The zero-order chi connectivity index (χ0) is 18.5. The van der Waals surface area contributed by atoms with E-state index >= 15 is 0 Å². The summed E-state index contributed by atoms with van der Waals surface area (Å²) in [5.41, 5.74) is 3.23. The summed E-state index contributed by atoms with van der Waals surface area (Å²) in [6.45, 7) is 3.41. The molecule has 3 rings (SSSR count). The number of carbonyl (C=O) groups excluding carboxylic acids is 2. The van der Waals surface area contributed by atoms with Crippen molar-refractivity contribution in [3.63, 3.8) is 0 Å². The minimum atomic E-state index is 0.104. The zero-order valence-corrected chi connectivity index (χ0v) is 15.4. The molecule has 1 aliphatic rings. The monoisotopic (exact) mass is 351 g/mol. The lowest BCUT2D eigenvalue weighted by Crippen LogP contribution is -2.48. The average Bonchev–Trinajstić information content (AvgIpc) is 2.65. The van der Waals surface area contributed by atoms with Crippen LogP contribution in [0.3, 0.4) is 0 Å². The third-order valence-corrected chi connectivity index (χ3v) is 5.01. The van der Waals surface area contributed by atoms with Gasteiger partial charge in [0.05, 0.1) is 0 Å². The Balaban J connectivity index is 1.48. The molecule has 0 N–H and O–H groups in total. The first-order valence-corrected chi connectivity index (χ1v) is 9.11. The van der Waals surface area contributed by atoms with Crippen LogP contribution in [0.25, 0.3) is 0 Å². The summed E-state index contributed by atoms with van der Waals surface area (Å²) >= 11 is 0. The van der Waals surface area contributed by atoms with E-state index in [0.29, 0.717) is 18.8 Å². The van der Waals surface area contributed by atoms with Gasteiger partial charge < -0.3 is 9.80 Å². The van der Waals surface area contributed by atoms with Crippen molar-refractivity contribution < 1.29 is 9.59 Å². The Labute approximate surface area is 154 Å². The van der Waals surface area contributed by atoms with Crippen LogP contribution in [0, 0.1) is 0 Å². The van der Waals surface area contributed by atoms with Crippen LogP contribution in [0.2, 0.25) is 0 Å². The predicted molar refractivity (Wildman–Crippen MR) is 102 cm³/mol. The maximum atomic E-state index is 12.3. The summed E-state index contributed by atoms with van der Waals surface area (Å²) < 4.78 is 0. The third-order valence-electron chi connectivity index (χ3n) is 5.01. The second kappa shape index (κ2) is 8.13. The quantitative estimate of drug-likeness (QED) is 0.804. The van der Waals surface area contributed by atoms with E-state index in [0.717, 1.165) is 30.8 Å². The van der Waals surface area contributed by atoms with Gasteiger partial charge in [-0.2, -0.15) is 0 Å². The van der Waals surface area contributed by atoms with Gasteiger partial charge in [-0.15, -0.1) is 0 Å². The number of benzene rings is 1. The second-order valence-electron chi connectivity index (χ2n) is 6.75. The number of carbonyl (C=O) groups is 2. The van der Waals surface area contributed by atoms with Gasteiger partial charge in [-0.3, -0.25) is 14.6 Å². The van der Waals surface area contributed by atoms with Crippen molar-refractivity contribution in [3.05, 3.63) is 59.9 Å². The van der Waals surface area contributed by atoms with E-state index < -0.39 is 0 Å². The van der Waals surface area contributed by atoms with Crippen LogP contribution in [0.1, 0.15) is 36.8 Å². The van der Waals surface area contributed by atoms with Crippen molar-refractivity contribution in [2.24, 2.45) is 0 Å². The lowest BCUT2D eigenvalue weighted by Gasteiger charge is -2.40. The van der Waals surface area contributed by atoms with E-state index in [-0.39, 0.29) is 11.8 Å². The van der Waals surface area contributed by atoms with E-state index in [1.54, 1.807) is 18.1 Å². The van der Waals surface area contributed by atoms with Crippen LogP contribution < -0.4 is 4.90 Å². The van der Waals surface area contributed by atoms with Crippen molar-refractivity contribution in [1.29, 1.82) is 0 Å². The van der Waals surface area contributed by atoms with Crippen molar-refractivity contribution in [3.8, 4) is 0 Å². The van der Waals surface area contributed by atoms with E-state index in [1.807, 2.05) is 42.3 Å². The predicted octanol–water partition coefficient (Wildman–Crippen LogP) is 3.01. The number of amides is 2. The van der Waals surface area contributed by atoms with Crippen LogP contribution in [-0.2, 0) is 16.0 Å². The Bertz CT molecular complexity index is 753. The molecule has 0 aliphatic carbocycles. The second-order valence-corrected chi connectivity index (χ2v) is 6.75. The van der Waals surface area contributed by atoms with Gasteiger partial charge in [0.2, 0.25) is 11.8 Å². The Morgan fingerprint density at radius 2 is 1.92 bits per heavy atom. The standard InChI is InChI=1S/C21H25N3O2/c1-3-20(25)23(2)19-9-7-17(8-10-19)18-14-24(15-18)21(26)11-6-16-5-4-12-22-13-16/h4-5,7-10,12-13,18H,3,6,11,14-15H2,1-2H3. The molecule has 0 unspecified atom stereocenters. The van der Waals surface area contributed by atoms with Gasteiger partial charge in [0.15, 0.2) is 0 Å². The Morgan fingerprint density at radius 1 is 1.19 bits per heavy atom. The SMILES string of the molecule is CCC(=O)N(C)c1ccc(C2CN(C(=O)CCc3cccnc3)C2)cc1. The molecule has 2 amide bonds. The first-order chi connectivity index (χ1) is 12.6. The summed E-state index contributed by atoms with van der Waals surface area (Å²) in [7, 11) is 1.80. The van der Waals surface area contributed by atoms with Gasteiger partial charge in [-0.1, -0.05) is 25.1 Å². The fraction of sp³-hybridized carbons (Fsp3) is 0.381. The first kappa shape index (κ1) is 18.1. The van der Waals surface area contributed by atoms with E-state index in [1.165, 1.54) is 5.56 Å². The van der Waals surface area contributed by atoms with Crippen LogP contribution in [0.5, 0.6) is 0 Å². The van der Waals surface area contributed by atoms with Gasteiger partial charge in [0.25, 0.3) is 0 Å². The number of hydrogen-bond donors (Lipinski definition) is 0. The number of aryl methyl sites for hydroxylation is 1. The number of anilines is 1. The Hall–Kier alpha value is -2.69. The molecule has 26 heavy (non-hydrogen) atoms. The van der Waals surface area contributed by atoms with Crippen LogP contribution in [-0.4, -0.2) is 41.8 Å². The van der Waals surface area contributed by atoms with Crippen molar-refractivity contribution >= 4 is 17.5 Å². The van der Waals surface area contributed by atoms with Crippen LogP contribution >= 0.6 is 0 Å². The molecule has 5 nitrogen and oxygen atoms in total. The number of rotatable bonds is 6. The molecule has 2 heterocycles.